The van der Waals surface area contributed by atoms with Crippen molar-refractivity contribution in [3.63, 3.8) is 0 Å². The van der Waals surface area contributed by atoms with Crippen molar-refractivity contribution in [3.05, 3.63) is 0 Å². The quantitative estimate of drug-likeness (QED) is 0.518. The first kappa shape index (κ1) is 18.9. The molecule has 0 radical (unpaired) electrons. The Morgan fingerprint density at radius 3 is 2.27 bits per heavy atom. The van der Waals surface area contributed by atoms with Gasteiger partial charge in [0.25, 0.3) is 0 Å². The molecule has 0 aromatic rings. The zero-order valence-corrected chi connectivity index (χ0v) is 14.0. The van der Waals surface area contributed by atoms with Gasteiger partial charge < -0.3 is 19.3 Å². The first-order chi connectivity index (χ1) is 10.2. The van der Waals surface area contributed by atoms with E-state index in [4.69, 9.17) is 19.3 Å². The predicted molar refractivity (Wildman–Crippen MR) is 79.9 cm³/mol. The molecule has 0 spiro atoms. The van der Waals surface area contributed by atoms with Gasteiger partial charge in [-0.3, -0.25) is 9.59 Å². The maximum Gasteiger partial charge on any atom is 0.308 e. The van der Waals surface area contributed by atoms with Crippen molar-refractivity contribution >= 4 is 11.9 Å². The van der Waals surface area contributed by atoms with Crippen molar-refractivity contribution in [3.8, 4) is 0 Å². The first-order valence-corrected chi connectivity index (χ1v) is 7.74. The molecule has 6 nitrogen and oxygen atoms in total. The number of carbonyl (C=O) groups excluding carboxylic acids is 2. The van der Waals surface area contributed by atoms with Gasteiger partial charge in [-0.05, 0) is 12.8 Å². The standard InChI is InChI=1S/C16H28O6/c1-15(2,9-17)10-20-12(18)7-5-6-8-13(19)22-14-16(3,4)11-21-14/h14,17H,5-11H2,1-4H3. The van der Waals surface area contributed by atoms with Crippen LogP contribution in [0.25, 0.3) is 0 Å². The summed E-state index contributed by atoms with van der Waals surface area (Å²) in [5, 5.41) is 9.06. The minimum atomic E-state index is -0.453. The van der Waals surface area contributed by atoms with Gasteiger partial charge in [0.2, 0.25) is 6.29 Å². The number of esters is 2. The highest BCUT2D eigenvalue weighted by molar-refractivity contribution is 5.70. The summed E-state index contributed by atoms with van der Waals surface area (Å²) in [6, 6.07) is 0. The van der Waals surface area contributed by atoms with E-state index in [1.54, 1.807) is 0 Å². The SMILES string of the molecule is CC(C)(CO)COC(=O)CCCCC(=O)OC1OCC1(C)C. The van der Waals surface area contributed by atoms with Crippen molar-refractivity contribution in [2.45, 2.75) is 59.7 Å². The fraction of sp³-hybridized carbons (Fsp3) is 0.875. The second kappa shape index (κ2) is 7.92. The maximum absolute atomic E-state index is 11.6. The van der Waals surface area contributed by atoms with Gasteiger partial charge in [-0.15, -0.1) is 0 Å². The lowest BCUT2D eigenvalue weighted by Gasteiger charge is -2.42. The molecule has 1 rings (SSSR count). The van der Waals surface area contributed by atoms with Gasteiger partial charge in [-0.2, -0.15) is 0 Å². The third kappa shape index (κ3) is 6.32. The van der Waals surface area contributed by atoms with E-state index in [1.807, 2.05) is 27.7 Å². The fourth-order valence-corrected chi connectivity index (χ4v) is 1.79. The highest BCUT2D eigenvalue weighted by atomic mass is 16.7. The lowest BCUT2D eigenvalue weighted by molar-refractivity contribution is -0.284. The number of aliphatic hydroxyl groups is 1. The summed E-state index contributed by atoms with van der Waals surface area (Å²) in [5.74, 6) is -0.606. The van der Waals surface area contributed by atoms with Crippen LogP contribution in [-0.2, 0) is 23.8 Å². The van der Waals surface area contributed by atoms with E-state index in [2.05, 4.69) is 0 Å². The van der Waals surface area contributed by atoms with Gasteiger partial charge in [0.15, 0.2) is 0 Å². The normalized spacial score (nSPS) is 20.1. The van der Waals surface area contributed by atoms with Crippen LogP contribution in [0, 0.1) is 10.8 Å². The third-order valence-corrected chi connectivity index (χ3v) is 3.55. The van der Waals surface area contributed by atoms with Gasteiger partial charge in [-0.25, -0.2) is 0 Å². The molecule has 1 saturated heterocycles. The zero-order valence-electron chi connectivity index (χ0n) is 14.0. The lowest BCUT2D eigenvalue weighted by atomic mass is 9.89. The van der Waals surface area contributed by atoms with Gasteiger partial charge in [0.05, 0.1) is 25.2 Å². The Balaban J connectivity index is 2.07. The zero-order chi connectivity index (χ0) is 16.8. The Hall–Kier alpha value is -1.14. The molecule has 0 aliphatic carbocycles. The summed E-state index contributed by atoms with van der Waals surface area (Å²) in [5.41, 5.74) is -0.534. The molecule has 0 aromatic carbocycles. The molecule has 0 bridgehead atoms. The van der Waals surface area contributed by atoms with Gasteiger partial charge in [0.1, 0.15) is 0 Å². The van der Waals surface area contributed by atoms with Crippen LogP contribution in [0.3, 0.4) is 0 Å². The van der Waals surface area contributed by atoms with Crippen LogP contribution in [0.5, 0.6) is 0 Å². The summed E-state index contributed by atoms with van der Waals surface area (Å²) in [4.78, 5) is 23.2. The van der Waals surface area contributed by atoms with Crippen LogP contribution in [-0.4, -0.2) is 43.2 Å². The van der Waals surface area contributed by atoms with Crippen LogP contribution >= 0.6 is 0 Å². The van der Waals surface area contributed by atoms with E-state index in [9.17, 15) is 9.59 Å². The van der Waals surface area contributed by atoms with Crippen molar-refractivity contribution in [2.75, 3.05) is 19.8 Å². The number of ether oxygens (including phenoxy) is 3. The fourth-order valence-electron chi connectivity index (χ4n) is 1.79. The summed E-state index contributed by atoms with van der Waals surface area (Å²) < 4.78 is 15.5. The van der Waals surface area contributed by atoms with Crippen LogP contribution < -0.4 is 0 Å². The van der Waals surface area contributed by atoms with Crippen LogP contribution in [0.4, 0.5) is 0 Å². The minimum absolute atomic E-state index is 0.0360. The molecular weight excluding hydrogens is 288 g/mol. The molecule has 1 fully saturated rings. The third-order valence-electron chi connectivity index (χ3n) is 3.55. The smallest absolute Gasteiger partial charge is 0.308 e. The monoisotopic (exact) mass is 316 g/mol. The molecule has 1 unspecified atom stereocenters. The molecule has 6 heteroatoms. The molecular formula is C16H28O6. The lowest BCUT2D eigenvalue weighted by Crippen LogP contribution is -2.50. The van der Waals surface area contributed by atoms with Crippen molar-refractivity contribution < 1.29 is 28.9 Å². The minimum Gasteiger partial charge on any atom is -0.465 e. The Morgan fingerprint density at radius 2 is 1.82 bits per heavy atom. The summed E-state index contributed by atoms with van der Waals surface area (Å²) >= 11 is 0. The maximum atomic E-state index is 11.6. The number of carbonyl (C=O) groups is 2. The number of unbranched alkanes of at least 4 members (excludes halogenated alkanes) is 1. The first-order valence-electron chi connectivity index (χ1n) is 7.74. The van der Waals surface area contributed by atoms with E-state index < -0.39 is 11.7 Å². The van der Waals surface area contributed by atoms with Crippen molar-refractivity contribution in [1.29, 1.82) is 0 Å². The van der Waals surface area contributed by atoms with E-state index in [0.29, 0.717) is 19.4 Å². The molecule has 128 valence electrons. The number of aliphatic hydroxyl groups excluding tert-OH is 1. The second-order valence-corrected chi connectivity index (χ2v) is 7.31. The summed E-state index contributed by atoms with van der Waals surface area (Å²) in [6.07, 6.45) is 1.23. The molecule has 1 aliphatic heterocycles. The molecule has 0 saturated carbocycles. The number of rotatable bonds is 9. The molecule has 1 heterocycles. The van der Waals surface area contributed by atoms with E-state index in [0.717, 1.165) is 0 Å². The average molecular weight is 316 g/mol. The van der Waals surface area contributed by atoms with Gasteiger partial charge in [0, 0.05) is 18.3 Å². The molecule has 1 atom stereocenters. The Bertz CT molecular complexity index is 388. The highest BCUT2D eigenvalue weighted by Crippen LogP contribution is 2.34. The molecule has 0 aromatic heterocycles. The Morgan fingerprint density at radius 1 is 1.23 bits per heavy atom. The van der Waals surface area contributed by atoms with E-state index in [-0.39, 0.29) is 43.4 Å². The van der Waals surface area contributed by atoms with Gasteiger partial charge in [-0.1, -0.05) is 27.7 Å². The molecule has 0 amide bonds. The summed E-state index contributed by atoms with van der Waals surface area (Å²) in [7, 11) is 0. The average Bonchev–Trinajstić information content (AvgIpc) is 2.46. The topological polar surface area (TPSA) is 82.1 Å². The van der Waals surface area contributed by atoms with Crippen molar-refractivity contribution in [1.82, 2.24) is 0 Å². The highest BCUT2D eigenvalue weighted by Gasteiger charge is 2.43. The number of hydrogen-bond acceptors (Lipinski definition) is 6. The molecule has 1 aliphatic rings. The van der Waals surface area contributed by atoms with Crippen LogP contribution in [0.1, 0.15) is 53.4 Å². The number of hydrogen-bond donors (Lipinski definition) is 1. The van der Waals surface area contributed by atoms with Gasteiger partial charge >= 0.3 is 11.9 Å². The summed E-state index contributed by atoms with van der Waals surface area (Å²) in [6.45, 7) is 8.36. The van der Waals surface area contributed by atoms with Crippen LogP contribution in [0.2, 0.25) is 0 Å². The van der Waals surface area contributed by atoms with Crippen molar-refractivity contribution in [2.24, 2.45) is 10.8 Å². The largest absolute Gasteiger partial charge is 0.465 e. The Labute approximate surface area is 132 Å². The van der Waals surface area contributed by atoms with E-state index in [1.165, 1.54) is 0 Å². The second-order valence-electron chi connectivity index (χ2n) is 7.31. The molecule has 22 heavy (non-hydrogen) atoms. The van der Waals surface area contributed by atoms with E-state index >= 15 is 0 Å². The van der Waals surface area contributed by atoms with Crippen LogP contribution in [0.15, 0.2) is 0 Å². The Kier molecular flexibility index (Phi) is 6.81. The predicted octanol–water partition coefficient (Wildman–Crippen LogP) is 2.03. The molecule has 1 N–H and O–H groups in total.